The zero-order valence-electron chi connectivity index (χ0n) is 11.4. The first kappa shape index (κ1) is 15.9. The van der Waals surface area contributed by atoms with Gasteiger partial charge in [-0.05, 0) is 25.9 Å². The van der Waals surface area contributed by atoms with E-state index in [0.29, 0.717) is 6.61 Å². The highest BCUT2D eigenvalue weighted by Gasteiger charge is 2.37. The summed E-state index contributed by atoms with van der Waals surface area (Å²) in [6.45, 7) is 3.14. The molecule has 0 bridgehead atoms. The lowest BCUT2D eigenvalue weighted by Crippen LogP contribution is -2.42. The van der Waals surface area contributed by atoms with Gasteiger partial charge in [0.1, 0.15) is 6.61 Å². The van der Waals surface area contributed by atoms with Crippen LogP contribution in [0.4, 0.5) is 4.79 Å². The number of likely N-dealkylation sites (tertiary alicyclic amines) is 1. The minimum atomic E-state index is -3.14. The summed E-state index contributed by atoms with van der Waals surface area (Å²) in [4.78, 5) is 13.9. The highest BCUT2D eigenvalue weighted by atomic mass is 35.5. The van der Waals surface area contributed by atoms with Gasteiger partial charge in [0.25, 0.3) is 0 Å². The molecule has 1 N–H and O–H groups in total. The van der Waals surface area contributed by atoms with Crippen LogP contribution in [0.2, 0.25) is 0 Å². The number of nitrogens with one attached hydrogen (secondary N) is 1. The summed E-state index contributed by atoms with van der Waals surface area (Å²) >= 11 is 5.90. The second-order valence-electron chi connectivity index (χ2n) is 5.38. The standard InChI is InChI=1S/C12H21ClN2O4S/c13-10-8-20(17,18)9-11(10)14-12(16)19-7-6-15-4-2-1-3-5-15/h10-11H,1-9H2,(H,14,16)/t10-,11-/m1/s1. The largest absolute Gasteiger partial charge is 0.448 e. The maximum Gasteiger partial charge on any atom is 0.407 e. The normalized spacial score (nSPS) is 30.1. The van der Waals surface area contributed by atoms with E-state index in [9.17, 15) is 13.2 Å². The Kier molecular flexibility index (Phi) is 5.51. The van der Waals surface area contributed by atoms with Gasteiger partial charge in [-0.15, -0.1) is 11.6 Å². The lowest BCUT2D eigenvalue weighted by Gasteiger charge is -2.26. The van der Waals surface area contributed by atoms with E-state index in [4.69, 9.17) is 16.3 Å². The van der Waals surface area contributed by atoms with Gasteiger partial charge in [-0.3, -0.25) is 4.90 Å². The predicted octanol–water partition coefficient (Wildman–Crippen LogP) is 0.603. The molecule has 0 aromatic carbocycles. The number of hydrogen-bond acceptors (Lipinski definition) is 5. The smallest absolute Gasteiger partial charge is 0.407 e. The Morgan fingerprint density at radius 3 is 2.55 bits per heavy atom. The highest BCUT2D eigenvalue weighted by molar-refractivity contribution is 7.91. The molecule has 2 fully saturated rings. The van der Waals surface area contributed by atoms with Crippen LogP contribution >= 0.6 is 11.6 Å². The maximum absolute atomic E-state index is 11.6. The topological polar surface area (TPSA) is 75.7 Å². The number of carbonyl (C=O) groups is 1. The Morgan fingerprint density at radius 1 is 1.25 bits per heavy atom. The van der Waals surface area contributed by atoms with Crippen molar-refractivity contribution in [3.63, 3.8) is 0 Å². The van der Waals surface area contributed by atoms with Crippen molar-refractivity contribution in [1.29, 1.82) is 0 Å². The molecule has 116 valence electrons. The quantitative estimate of drug-likeness (QED) is 0.767. The molecule has 20 heavy (non-hydrogen) atoms. The van der Waals surface area contributed by atoms with Crippen LogP contribution in [0.1, 0.15) is 19.3 Å². The van der Waals surface area contributed by atoms with Crippen LogP contribution in [-0.2, 0) is 14.6 Å². The molecular formula is C12H21ClN2O4S. The van der Waals surface area contributed by atoms with Gasteiger partial charge in [-0.2, -0.15) is 0 Å². The Labute approximate surface area is 124 Å². The number of carbonyl (C=O) groups excluding carboxylic acids is 1. The number of sulfone groups is 1. The summed E-state index contributed by atoms with van der Waals surface area (Å²) in [6, 6.07) is -0.552. The van der Waals surface area contributed by atoms with Crippen LogP contribution in [0, 0.1) is 0 Å². The van der Waals surface area contributed by atoms with Crippen molar-refractivity contribution in [2.75, 3.05) is 37.7 Å². The molecule has 6 nitrogen and oxygen atoms in total. The molecule has 2 aliphatic heterocycles. The van der Waals surface area contributed by atoms with Crippen molar-refractivity contribution in [3.8, 4) is 0 Å². The summed E-state index contributed by atoms with van der Waals surface area (Å²) in [5.74, 6) is -0.199. The van der Waals surface area contributed by atoms with Crippen molar-refractivity contribution in [2.24, 2.45) is 0 Å². The van der Waals surface area contributed by atoms with Crippen LogP contribution in [0.3, 0.4) is 0 Å². The minimum Gasteiger partial charge on any atom is -0.448 e. The number of halogens is 1. The molecule has 2 saturated heterocycles. The Balaban J connectivity index is 1.65. The SMILES string of the molecule is O=C(N[C@@H]1CS(=O)(=O)C[C@H]1Cl)OCCN1CCCCC1. The van der Waals surface area contributed by atoms with E-state index < -0.39 is 27.3 Å². The Hall–Kier alpha value is -0.530. The molecule has 2 heterocycles. The molecule has 0 aromatic heterocycles. The van der Waals surface area contributed by atoms with Gasteiger partial charge in [0.15, 0.2) is 9.84 Å². The summed E-state index contributed by atoms with van der Waals surface area (Å²) < 4.78 is 27.8. The minimum absolute atomic E-state index is 0.0900. The number of alkyl carbamates (subject to hydrolysis) is 1. The zero-order valence-corrected chi connectivity index (χ0v) is 13.0. The molecule has 0 aliphatic carbocycles. The van der Waals surface area contributed by atoms with Crippen molar-refractivity contribution < 1.29 is 17.9 Å². The van der Waals surface area contributed by atoms with E-state index in [1.807, 2.05) is 0 Å². The summed E-state index contributed by atoms with van der Waals surface area (Å²) in [5.41, 5.74) is 0. The van der Waals surface area contributed by atoms with E-state index >= 15 is 0 Å². The van der Waals surface area contributed by atoms with Crippen molar-refractivity contribution in [2.45, 2.75) is 30.7 Å². The van der Waals surface area contributed by atoms with Gasteiger partial charge in [-0.1, -0.05) is 6.42 Å². The molecule has 0 unspecified atom stereocenters. The van der Waals surface area contributed by atoms with Gasteiger partial charge < -0.3 is 10.1 Å². The van der Waals surface area contributed by atoms with Gasteiger partial charge in [-0.25, -0.2) is 13.2 Å². The average molecular weight is 325 g/mol. The Bertz CT molecular complexity index is 437. The first-order valence-corrected chi connectivity index (χ1v) is 9.22. The van der Waals surface area contributed by atoms with Crippen LogP contribution in [0.25, 0.3) is 0 Å². The maximum atomic E-state index is 11.6. The fraction of sp³-hybridized carbons (Fsp3) is 0.917. The van der Waals surface area contributed by atoms with Gasteiger partial charge >= 0.3 is 6.09 Å². The molecule has 0 aromatic rings. The second-order valence-corrected chi connectivity index (χ2v) is 8.10. The highest BCUT2D eigenvalue weighted by Crippen LogP contribution is 2.18. The monoisotopic (exact) mass is 324 g/mol. The molecule has 2 rings (SSSR count). The molecule has 2 aliphatic rings. The summed E-state index contributed by atoms with van der Waals surface area (Å²) in [7, 11) is -3.14. The van der Waals surface area contributed by atoms with Crippen LogP contribution in [0.5, 0.6) is 0 Å². The number of piperidine rings is 1. The van der Waals surface area contributed by atoms with E-state index in [-0.39, 0.29) is 11.5 Å². The average Bonchev–Trinajstić information content (AvgIpc) is 2.63. The molecule has 2 atom stereocenters. The number of amides is 1. The third-order valence-electron chi connectivity index (χ3n) is 3.68. The number of hydrogen-bond donors (Lipinski definition) is 1. The fourth-order valence-electron chi connectivity index (χ4n) is 2.58. The number of ether oxygens (including phenoxy) is 1. The van der Waals surface area contributed by atoms with Crippen molar-refractivity contribution in [1.82, 2.24) is 10.2 Å². The lowest BCUT2D eigenvalue weighted by atomic mass is 10.1. The number of alkyl halides is 1. The molecular weight excluding hydrogens is 304 g/mol. The molecule has 0 saturated carbocycles. The number of nitrogens with zero attached hydrogens (tertiary/aromatic N) is 1. The summed E-state index contributed by atoms with van der Waals surface area (Å²) in [5, 5.41) is 1.96. The molecule has 8 heteroatoms. The first-order valence-electron chi connectivity index (χ1n) is 6.96. The zero-order chi connectivity index (χ0) is 14.6. The van der Waals surface area contributed by atoms with E-state index in [1.54, 1.807) is 0 Å². The van der Waals surface area contributed by atoms with Crippen LogP contribution in [-0.4, -0.2) is 68.6 Å². The van der Waals surface area contributed by atoms with Gasteiger partial charge in [0.05, 0.1) is 22.9 Å². The second kappa shape index (κ2) is 6.95. The van der Waals surface area contributed by atoms with E-state index in [0.717, 1.165) is 19.6 Å². The van der Waals surface area contributed by atoms with Gasteiger partial charge in [0.2, 0.25) is 0 Å². The molecule has 1 amide bonds. The van der Waals surface area contributed by atoms with E-state index in [1.165, 1.54) is 19.3 Å². The van der Waals surface area contributed by atoms with Crippen LogP contribution < -0.4 is 5.32 Å². The van der Waals surface area contributed by atoms with Gasteiger partial charge in [0, 0.05) is 6.54 Å². The lowest BCUT2D eigenvalue weighted by molar-refractivity contribution is 0.118. The number of rotatable bonds is 4. The molecule has 0 spiro atoms. The van der Waals surface area contributed by atoms with E-state index in [2.05, 4.69) is 10.2 Å². The van der Waals surface area contributed by atoms with Crippen molar-refractivity contribution in [3.05, 3.63) is 0 Å². The molecule has 0 radical (unpaired) electrons. The fourth-order valence-corrected chi connectivity index (χ4v) is 5.13. The van der Waals surface area contributed by atoms with Crippen molar-refractivity contribution >= 4 is 27.5 Å². The summed E-state index contributed by atoms with van der Waals surface area (Å²) in [6.07, 6.45) is 3.07. The Morgan fingerprint density at radius 2 is 1.95 bits per heavy atom. The first-order chi connectivity index (χ1) is 9.46. The predicted molar refractivity (Wildman–Crippen MR) is 76.9 cm³/mol. The third kappa shape index (κ3) is 4.79. The third-order valence-corrected chi connectivity index (χ3v) is 6.05. The van der Waals surface area contributed by atoms with Crippen LogP contribution in [0.15, 0.2) is 0 Å².